The molecule has 0 spiro atoms. The molecule has 0 fully saturated rings. The Morgan fingerprint density at radius 3 is 2.83 bits per heavy atom. The van der Waals surface area contributed by atoms with Crippen molar-refractivity contribution in [2.24, 2.45) is 0 Å². The molecule has 2 unspecified atom stereocenters. The third-order valence-electron chi connectivity index (χ3n) is 3.31. The maximum Gasteiger partial charge on any atom is 0.0867 e. The van der Waals surface area contributed by atoms with E-state index in [1.54, 1.807) is 0 Å². The van der Waals surface area contributed by atoms with Crippen molar-refractivity contribution >= 4 is 23.4 Å². The predicted molar refractivity (Wildman–Crippen MR) is 76.3 cm³/mol. The minimum Gasteiger partial charge on any atom is -0.388 e. The lowest BCUT2D eigenvalue weighted by Crippen LogP contribution is -2.10. The average molecular weight is 277 g/mol. The molecule has 1 heterocycles. The van der Waals surface area contributed by atoms with Crippen molar-refractivity contribution in [1.82, 2.24) is 0 Å². The molecule has 0 radical (unpaired) electrons. The smallest absolute Gasteiger partial charge is 0.0867 e. The minimum atomic E-state index is -0.486. The summed E-state index contributed by atoms with van der Waals surface area (Å²) >= 11 is 7.79. The topological polar surface area (TPSA) is 20.2 Å². The standard InChI is InChI=1S/C15H13ClOS/c16-11-5-3-4-10(8-11)15(17)13-9-18-14-7-2-1-6-12(13)14/h1-8,13,15,17H,9H2. The summed E-state index contributed by atoms with van der Waals surface area (Å²) in [5, 5.41) is 11.2. The highest BCUT2D eigenvalue weighted by atomic mass is 35.5. The van der Waals surface area contributed by atoms with Crippen molar-refractivity contribution in [3.8, 4) is 0 Å². The van der Waals surface area contributed by atoms with E-state index in [2.05, 4.69) is 12.1 Å². The van der Waals surface area contributed by atoms with Crippen LogP contribution in [0.15, 0.2) is 53.4 Å². The van der Waals surface area contributed by atoms with Gasteiger partial charge in [-0.05, 0) is 29.3 Å². The van der Waals surface area contributed by atoms with Gasteiger partial charge in [0.1, 0.15) is 0 Å². The molecule has 1 N–H and O–H groups in total. The Labute approximate surface area is 116 Å². The van der Waals surface area contributed by atoms with Crippen LogP contribution >= 0.6 is 23.4 Å². The Balaban J connectivity index is 1.93. The van der Waals surface area contributed by atoms with Crippen LogP contribution in [0.5, 0.6) is 0 Å². The zero-order valence-corrected chi connectivity index (χ0v) is 11.3. The number of thioether (sulfide) groups is 1. The van der Waals surface area contributed by atoms with Crippen LogP contribution in [-0.2, 0) is 0 Å². The van der Waals surface area contributed by atoms with Gasteiger partial charge in [-0.1, -0.05) is 41.9 Å². The molecule has 0 bridgehead atoms. The zero-order valence-electron chi connectivity index (χ0n) is 9.71. The van der Waals surface area contributed by atoms with Crippen molar-refractivity contribution < 1.29 is 5.11 Å². The van der Waals surface area contributed by atoms with Gasteiger partial charge in [0.25, 0.3) is 0 Å². The largest absolute Gasteiger partial charge is 0.388 e. The predicted octanol–water partition coefficient (Wildman–Crippen LogP) is 4.26. The molecule has 3 heteroatoms. The number of rotatable bonds is 2. The van der Waals surface area contributed by atoms with Gasteiger partial charge in [-0.2, -0.15) is 0 Å². The maximum atomic E-state index is 10.5. The van der Waals surface area contributed by atoms with Crippen LogP contribution in [0.4, 0.5) is 0 Å². The Kier molecular flexibility index (Phi) is 3.33. The molecule has 0 aromatic heterocycles. The summed E-state index contributed by atoms with van der Waals surface area (Å²) in [6, 6.07) is 15.8. The van der Waals surface area contributed by atoms with Crippen molar-refractivity contribution in [2.75, 3.05) is 5.75 Å². The summed E-state index contributed by atoms with van der Waals surface area (Å²) in [6.45, 7) is 0. The molecule has 0 saturated carbocycles. The van der Waals surface area contributed by atoms with Crippen molar-refractivity contribution in [3.05, 3.63) is 64.7 Å². The first-order valence-corrected chi connectivity index (χ1v) is 7.27. The quantitative estimate of drug-likeness (QED) is 0.884. The molecule has 2 atom stereocenters. The second-order valence-electron chi connectivity index (χ2n) is 4.46. The molecule has 92 valence electrons. The summed E-state index contributed by atoms with van der Waals surface area (Å²) < 4.78 is 0. The molecular weight excluding hydrogens is 264 g/mol. The maximum absolute atomic E-state index is 10.5. The Morgan fingerprint density at radius 1 is 1.17 bits per heavy atom. The fourth-order valence-electron chi connectivity index (χ4n) is 2.37. The first-order valence-electron chi connectivity index (χ1n) is 5.91. The molecule has 1 aliphatic heterocycles. The highest BCUT2D eigenvalue weighted by Crippen LogP contribution is 2.45. The van der Waals surface area contributed by atoms with E-state index in [1.807, 2.05) is 48.2 Å². The molecular formula is C15H13ClOS. The third-order valence-corrected chi connectivity index (χ3v) is 4.75. The zero-order chi connectivity index (χ0) is 12.5. The normalized spacial score (nSPS) is 19.6. The van der Waals surface area contributed by atoms with E-state index in [1.165, 1.54) is 10.5 Å². The molecule has 1 aliphatic rings. The molecule has 1 nitrogen and oxygen atoms in total. The van der Waals surface area contributed by atoms with E-state index in [9.17, 15) is 5.11 Å². The van der Waals surface area contributed by atoms with Gasteiger partial charge in [0.05, 0.1) is 6.10 Å². The van der Waals surface area contributed by atoms with Crippen LogP contribution in [0.1, 0.15) is 23.1 Å². The van der Waals surface area contributed by atoms with Gasteiger partial charge in [-0.25, -0.2) is 0 Å². The molecule has 0 saturated heterocycles. The van der Waals surface area contributed by atoms with Gasteiger partial charge < -0.3 is 5.11 Å². The Bertz CT molecular complexity index is 570. The lowest BCUT2D eigenvalue weighted by Gasteiger charge is -2.19. The van der Waals surface area contributed by atoms with E-state index in [4.69, 9.17) is 11.6 Å². The van der Waals surface area contributed by atoms with Gasteiger partial charge in [-0.15, -0.1) is 11.8 Å². The minimum absolute atomic E-state index is 0.157. The van der Waals surface area contributed by atoms with E-state index >= 15 is 0 Å². The average Bonchev–Trinajstić information content (AvgIpc) is 2.82. The molecule has 2 aromatic rings. The number of fused-ring (bicyclic) bond motifs is 1. The molecule has 3 rings (SSSR count). The first kappa shape index (κ1) is 12.1. The Hall–Kier alpha value is -0.960. The summed E-state index contributed by atoms with van der Waals surface area (Å²) in [7, 11) is 0. The van der Waals surface area contributed by atoms with Gasteiger partial charge in [0.2, 0.25) is 0 Å². The van der Waals surface area contributed by atoms with Crippen LogP contribution in [0.3, 0.4) is 0 Å². The fraction of sp³-hybridized carbons (Fsp3) is 0.200. The number of aliphatic hydroxyl groups is 1. The lowest BCUT2D eigenvalue weighted by atomic mass is 9.91. The number of hydrogen-bond donors (Lipinski definition) is 1. The summed E-state index contributed by atoms with van der Waals surface area (Å²) in [5.74, 6) is 1.08. The van der Waals surface area contributed by atoms with Crippen LogP contribution in [-0.4, -0.2) is 10.9 Å². The fourth-order valence-corrected chi connectivity index (χ4v) is 3.85. The van der Waals surface area contributed by atoms with Gasteiger partial charge in [-0.3, -0.25) is 0 Å². The summed E-state index contributed by atoms with van der Waals surface area (Å²) in [6.07, 6.45) is -0.486. The number of halogens is 1. The van der Waals surface area contributed by atoms with Crippen LogP contribution in [0.25, 0.3) is 0 Å². The summed E-state index contributed by atoms with van der Waals surface area (Å²) in [5.41, 5.74) is 2.14. The van der Waals surface area contributed by atoms with E-state index < -0.39 is 6.10 Å². The SMILES string of the molecule is OC(c1cccc(Cl)c1)C1CSc2ccccc21. The highest BCUT2D eigenvalue weighted by Gasteiger charge is 2.29. The first-order chi connectivity index (χ1) is 8.75. The van der Waals surface area contributed by atoms with Crippen LogP contribution in [0.2, 0.25) is 5.02 Å². The summed E-state index contributed by atoms with van der Waals surface area (Å²) in [4.78, 5) is 1.28. The van der Waals surface area contributed by atoms with E-state index in [-0.39, 0.29) is 5.92 Å². The lowest BCUT2D eigenvalue weighted by molar-refractivity contribution is 0.154. The monoisotopic (exact) mass is 276 g/mol. The van der Waals surface area contributed by atoms with E-state index in [0.717, 1.165) is 11.3 Å². The number of benzene rings is 2. The number of aliphatic hydroxyl groups excluding tert-OH is 1. The van der Waals surface area contributed by atoms with Crippen LogP contribution < -0.4 is 0 Å². The van der Waals surface area contributed by atoms with Gasteiger partial charge in [0.15, 0.2) is 0 Å². The number of hydrogen-bond acceptors (Lipinski definition) is 2. The van der Waals surface area contributed by atoms with Crippen molar-refractivity contribution in [2.45, 2.75) is 16.9 Å². The highest BCUT2D eigenvalue weighted by molar-refractivity contribution is 7.99. The van der Waals surface area contributed by atoms with E-state index in [0.29, 0.717) is 5.02 Å². The molecule has 2 aromatic carbocycles. The van der Waals surface area contributed by atoms with Gasteiger partial charge >= 0.3 is 0 Å². The second-order valence-corrected chi connectivity index (χ2v) is 5.95. The third kappa shape index (κ3) is 2.16. The Morgan fingerprint density at radius 2 is 2.00 bits per heavy atom. The van der Waals surface area contributed by atoms with Crippen molar-refractivity contribution in [1.29, 1.82) is 0 Å². The second kappa shape index (κ2) is 4.96. The molecule has 0 aliphatic carbocycles. The van der Waals surface area contributed by atoms with Crippen molar-refractivity contribution in [3.63, 3.8) is 0 Å². The molecule has 0 amide bonds. The van der Waals surface area contributed by atoms with Crippen LogP contribution in [0, 0.1) is 0 Å². The van der Waals surface area contributed by atoms with Gasteiger partial charge in [0, 0.05) is 21.6 Å². The molecule has 18 heavy (non-hydrogen) atoms.